The van der Waals surface area contributed by atoms with Crippen LogP contribution in [0.1, 0.15) is 12.8 Å². The Morgan fingerprint density at radius 1 is 1.21 bits per heavy atom. The van der Waals surface area contributed by atoms with Gasteiger partial charge in [-0.3, -0.25) is 9.20 Å². The van der Waals surface area contributed by atoms with Crippen LogP contribution in [0, 0.1) is 10.7 Å². The first kappa shape index (κ1) is 18.1. The second-order valence-electron chi connectivity index (χ2n) is 7.45. The maximum Gasteiger partial charge on any atom is 0.231 e. The molecule has 5 rings (SSSR count). The summed E-state index contributed by atoms with van der Waals surface area (Å²) in [6.45, 7) is 2.77. The number of likely N-dealkylation sites (tertiary alicyclic amines) is 1. The number of nitrogens with zero attached hydrogens (tertiary/aromatic N) is 3. The van der Waals surface area contributed by atoms with E-state index in [1.54, 1.807) is 0 Å². The van der Waals surface area contributed by atoms with Crippen molar-refractivity contribution < 1.29 is 19.2 Å². The normalized spacial score (nSPS) is 20.7. The van der Waals surface area contributed by atoms with Crippen LogP contribution in [0.3, 0.4) is 0 Å². The third-order valence-corrected chi connectivity index (χ3v) is 5.97. The second kappa shape index (κ2) is 7.49. The topological polar surface area (TPSA) is 74.2 Å². The molecule has 0 bridgehead atoms. The standard InChI is InChI=1S/C20H21N5O3S/c26-19(21-15-4-5-16-17(11-15)28-13-27-16)14-6-9-23(10-7-14)12-25-20(29)24-8-2-1-3-18(24)22-25/h1-5,8,11,14H,6-7,9-10,12-13H2,(H,21,26)/p+1. The minimum absolute atomic E-state index is 0.0122. The largest absolute Gasteiger partial charge is 0.454 e. The van der Waals surface area contributed by atoms with Crippen LogP contribution in [0.4, 0.5) is 5.69 Å². The number of benzene rings is 1. The zero-order chi connectivity index (χ0) is 19.8. The molecule has 0 atom stereocenters. The summed E-state index contributed by atoms with van der Waals surface area (Å²) in [6, 6.07) is 11.3. The van der Waals surface area contributed by atoms with Crippen molar-refractivity contribution in [1.29, 1.82) is 0 Å². The van der Waals surface area contributed by atoms with Gasteiger partial charge in [-0.05, 0) is 36.5 Å². The third kappa shape index (κ3) is 3.58. The number of carbonyl (C=O) groups is 1. The van der Waals surface area contributed by atoms with Gasteiger partial charge < -0.3 is 19.7 Å². The van der Waals surface area contributed by atoms with Gasteiger partial charge in [0, 0.05) is 36.7 Å². The minimum atomic E-state index is 0.0122. The van der Waals surface area contributed by atoms with E-state index in [0.29, 0.717) is 16.3 Å². The number of anilines is 1. The van der Waals surface area contributed by atoms with Crippen LogP contribution in [0.15, 0.2) is 42.6 Å². The quantitative estimate of drug-likeness (QED) is 0.635. The number of nitrogens with one attached hydrogen (secondary N) is 2. The summed E-state index contributed by atoms with van der Waals surface area (Å²) in [7, 11) is 0. The van der Waals surface area contributed by atoms with Crippen LogP contribution in [-0.2, 0) is 11.5 Å². The molecule has 29 heavy (non-hydrogen) atoms. The summed E-state index contributed by atoms with van der Waals surface area (Å²) < 4.78 is 15.2. The molecule has 3 aromatic rings. The molecule has 150 valence electrons. The smallest absolute Gasteiger partial charge is 0.231 e. The van der Waals surface area contributed by atoms with E-state index in [1.807, 2.05) is 51.7 Å². The highest BCUT2D eigenvalue weighted by Gasteiger charge is 2.28. The van der Waals surface area contributed by atoms with E-state index in [4.69, 9.17) is 21.7 Å². The average molecular weight is 412 g/mol. The Kier molecular flexibility index (Phi) is 4.69. The van der Waals surface area contributed by atoms with Crippen LogP contribution in [0.5, 0.6) is 11.5 Å². The summed E-state index contributed by atoms with van der Waals surface area (Å²) in [5.41, 5.74) is 1.60. The molecule has 1 amide bonds. The van der Waals surface area contributed by atoms with Gasteiger partial charge in [0.1, 0.15) is 0 Å². The van der Waals surface area contributed by atoms with Gasteiger partial charge in [-0.2, -0.15) is 4.68 Å². The SMILES string of the molecule is O=C(Nc1ccc2c(c1)OCO2)C1CC[NH+](Cn2nc3ccccn3c2=S)CC1. The molecule has 0 unspecified atom stereocenters. The van der Waals surface area contributed by atoms with E-state index >= 15 is 0 Å². The maximum absolute atomic E-state index is 12.7. The Labute approximate surface area is 172 Å². The van der Waals surface area contributed by atoms with E-state index in [9.17, 15) is 4.79 Å². The summed E-state index contributed by atoms with van der Waals surface area (Å²) in [5.74, 6) is 1.46. The molecule has 8 nitrogen and oxygen atoms in total. The zero-order valence-electron chi connectivity index (χ0n) is 15.8. The number of amides is 1. The van der Waals surface area contributed by atoms with Gasteiger partial charge in [-0.1, -0.05) is 6.07 Å². The monoisotopic (exact) mass is 412 g/mol. The highest BCUT2D eigenvalue weighted by molar-refractivity contribution is 7.71. The lowest BCUT2D eigenvalue weighted by molar-refractivity contribution is -0.928. The fourth-order valence-electron chi connectivity index (χ4n) is 3.95. The highest BCUT2D eigenvalue weighted by Crippen LogP contribution is 2.34. The number of carbonyl (C=O) groups excluding carboxylic acids is 1. The molecule has 1 fully saturated rings. The van der Waals surface area contributed by atoms with Crippen molar-refractivity contribution in [3.05, 3.63) is 47.4 Å². The second-order valence-corrected chi connectivity index (χ2v) is 7.82. The molecule has 2 N–H and O–H groups in total. The van der Waals surface area contributed by atoms with Gasteiger partial charge in [-0.15, -0.1) is 5.10 Å². The number of quaternary nitrogens is 1. The molecule has 4 heterocycles. The van der Waals surface area contributed by atoms with Crippen LogP contribution >= 0.6 is 12.2 Å². The van der Waals surface area contributed by atoms with Crippen molar-refractivity contribution in [1.82, 2.24) is 14.2 Å². The zero-order valence-corrected chi connectivity index (χ0v) is 16.7. The Hall–Kier alpha value is -2.91. The van der Waals surface area contributed by atoms with Crippen LogP contribution in [0.25, 0.3) is 5.65 Å². The molecular formula is C20H22N5O3S+. The first-order valence-electron chi connectivity index (χ1n) is 9.76. The van der Waals surface area contributed by atoms with Gasteiger partial charge in [0.05, 0.1) is 13.1 Å². The lowest BCUT2D eigenvalue weighted by Crippen LogP contribution is -3.12. The van der Waals surface area contributed by atoms with Crippen molar-refractivity contribution in [3.63, 3.8) is 0 Å². The van der Waals surface area contributed by atoms with E-state index in [0.717, 1.165) is 43.9 Å². The molecule has 0 saturated carbocycles. The van der Waals surface area contributed by atoms with Gasteiger partial charge >= 0.3 is 0 Å². The fourth-order valence-corrected chi connectivity index (χ4v) is 4.21. The number of ether oxygens (including phenoxy) is 2. The summed E-state index contributed by atoms with van der Waals surface area (Å²) in [4.78, 5) is 14.1. The van der Waals surface area contributed by atoms with Crippen LogP contribution in [0.2, 0.25) is 0 Å². The number of fused-ring (bicyclic) bond motifs is 2. The van der Waals surface area contributed by atoms with E-state index in [2.05, 4.69) is 10.4 Å². The fraction of sp³-hybridized carbons (Fsp3) is 0.350. The number of piperidine rings is 1. The first-order chi connectivity index (χ1) is 14.2. The Morgan fingerprint density at radius 3 is 2.86 bits per heavy atom. The van der Waals surface area contributed by atoms with Gasteiger partial charge in [0.15, 0.2) is 23.8 Å². The Balaban J connectivity index is 1.18. The highest BCUT2D eigenvalue weighted by atomic mass is 32.1. The number of hydrogen-bond acceptors (Lipinski definition) is 5. The molecule has 0 aliphatic carbocycles. The summed E-state index contributed by atoms with van der Waals surface area (Å²) in [5, 5.41) is 7.61. The predicted molar refractivity (Wildman–Crippen MR) is 109 cm³/mol. The average Bonchev–Trinajstić information content (AvgIpc) is 3.33. The molecular weight excluding hydrogens is 390 g/mol. The van der Waals surface area contributed by atoms with Gasteiger partial charge in [0.25, 0.3) is 0 Å². The molecule has 0 radical (unpaired) electrons. The number of aromatic nitrogens is 3. The van der Waals surface area contributed by atoms with Crippen molar-refractivity contribution >= 4 is 29.5 Å². The summed E-state index contributed by atoms with van der Waals surface area (Å²) in [6.07, 6.45) is 3.61. The maximum atomic E-state index is 12.7. The van der Waals surface area contributed by atoms with E-state index in [-0.39, 0.29) is 18.6 Å². The number of rotatable bonds is 4. The van der Waals surface area contributed by atoms with Gasteiger partial charge in [-0.25, -0.2) is 0 Å². The predicted octanol–water partition coefficient (Wildman–Crippen LogP) is 1.49. The molecule has 2 aliphatic heterocycles. The lowest BCUT2D eigenvalue weighted by Gasteiger charge is -2.28. The van der Waals surface area contributed by atoms with E-state index in [1.165, 1.54) is 4.90 Å². The number of pyridine rings is 1. The molecule has 2 aliphatic rings. The molecule has 0 spiro atoms. The van der Waals surface area contributed by atoms with Crippen molar-refractivity contribution in [2.24, 2.45) is 5.92 Å². The third-order valence-electron chi connectivity index (χ3n) is 5.57. The minimum Gasteiger partial charge on any atom is -0.454 e. The molecule has 1 saturated heterocycles. The summed E-state index contributed by atoms with van der Waals surface area (Å²) >= 11 is 5.53. The lowest BCUT2D eigenvalue weighted by atomic mass is 9.96. The molecule has 9 heteroatoms. The van der Waals surface area contributed by atoms with Crippen molar-refractivity contribution in [2.45, 2.75) is 19.5 Å². The molecule has 1 aromatic carbocycles. The number of hydrogen-bond donors (Lipinski definition) is 2. The molecule has 2 aromatic heterocycles. The van der Waals surface area contributed by atoms with Crippen molar-refractivity contribution in [3.8, 4) is 11.5 Å². The Morgan fingerprint density at radius 2 is 2.03 bits per heavy atom. The first-order valence-corrected chi connectivity index (χ1v) is 10.2. The van der Waals surface area contributed by atoms with Crippen LogP contribution < -0.4 is 19.7 Å². The van der Waals surface area contributed by atoms with E-state index < -0.39 is 0 Å². The van der Waals surface area contributed by atoms with Crippen molar-refractivity contribution in [2.75, 3.05) is 25.2 Å². The van der Waals surface area contributed by atoms with Gasteiger partial charge in [0.2, 0.25) is 17.5 Å². The Bertz CT molecular complexity index is 1120. The van der Waals surface area contributed by atoms with Crippen LogP contribution in [-0.4, -0.2) is 40.0 Å².